The molecule has 1 aliphatic rings. The summed E-state index contributed by atoms with van der Waals surface area (Å²) in [6, 6.07) is 4.95. The molecule has 1 aliphatic carbocycles. The Morgan fingerprint density at radius 2 is 2.29 bits per heavy atom. The van der Waals surface area contributed by atoms with Crippen LogP contribution in [0, 0.1) is 23.0 Å². The van der Waals surface area contributed by atoms with Gasteiger partial charge in [-0.2, -0.15) is 0 Å². The lowest BCUT2D eigenvalue weighted by Gasteiger charge is -2.13. The van der Waals surface area contributed by atoms with Crippen LogP contribution in [-0.2, 0) is 0 Å². The minimum Gasteiger partial charge on any atom is -0.391 e. The highest BCUT2D eigenvalue weighted by molar-refractivity contribution is 5.65. The van der Waals surface area contributed by atoms with Crippen molar-refractivity contribution in [2.24, 2.45) is 5.92 Å². The van der Waals surface area contributed by atoms with Crippen LogP contribution in [0.15, 0.2) is 18.2 Å². The number of anilines is 1. The summed E-state index contributed by atoms with van der Waals surface area (Å²) < 4.78 is 0. The number of aliphatic hydroxyl groups is 1. The van der Waals surface area contributed by atoms with Crippen LogP contribution in [0.4, 0.5) is 11.4 Å². The van der Waals surface area contributed by atoms with Gasteiger partial charge < -0.3 is 10.4 Å². The first kappa shape index (κ1) is 11.9. The molecule has 0 saturated heterocycles. The summed E-state index contributed by atoms with van der Waals surface area (Å²) in [6.07, 6.45) is 1.70. The van der Waals surface area contributed by atoms with E-state index in [1.165, 1.54) is 6.07 Å². The van der Waals surface area contributed by atoms with Gasteiger partial charge in [0.25, 0.3) is 5.69 Å². The summed E-state index contributed by atoms with van der Waals surface area (Å²) >= 11 is 0. The van der Waals surface area contributed by atoms with E-state index in [0.29, 0.717) is 18.2 Å². The molecule has 0 spiro atoms. The van der Waals surface area contributed by atoms with Crippen LogP contribution in [0.2, 0.25) is 0 Å². The Morgan fingerprint density at radius 3 is 2.88 bits per heavy atom. The first-order valence-corrected chi connectivity index (χ1v) is 5.75. The number of rotatable bonds is 5. The van der Waals surface area contributed by atoms with Gasteiger partial charge in [-0.15, -0.1) is 0 Å². The van der Waals surface area contributed by atoms with Crippen LogP contribution in [0.25, 0.3) is 0 Å². The molecule has 0 aromatic heterocycles. The summed E-state index contributed by atoms with van der Waals surface area (Å²) in [7, 11) is 0. The quantitative estimate of drug-likeness (QED) is 0.606. The van der Waals surface area contributed by atoms with Gasteiger partial charge in [-0.05, 0) is 31.2 Å². The van der Waals surface area contributed by atoms with E-state index < -0.39 is 11.0 Å². The molecule has 92 valence electrons. The van der Waals surface area contributed by atoms with Crippen molar-refractivity contribution in [2.75, 3.05) is 11.9 Å². The lowest BCUT2D eigenvalue weighted by atomic mass is 10.1. The SMILES string of the molecule is Cc1cccc([N+](=O)[O-])c1NCC(O)C1CC1. The number of nitrogens with zero attached hydrogens (tertiary/aromatic N) is 1. The Hall–Kier alpha value is -1.62. The molecule has 1 unspecified atom stereocenters. The molecule has 1 aromatic carbocycles. The van der Waals surface area contributed by atoms with Crippen molar-refractivity contribution in [3.05, 3.63) is 33.9 Å². The van der Waals surface area contributed by atoms with E-state index >= 15 is 0 Å². The molecule has 0 aliphatic heterocycles. The van der Waals surface area contributed by atoms with Crippen molar-refractivity contribution < 1.29 is 10.0 Å². The van der Waals surface area contributed by atoms with Crippen molar-refractivity contribution in [1.82, 2.24) is 0 Å². The van der Waals surface area contributed by atoms with Crippen LogP contribution in [0.1, 0.15) is 18.4 Å². The zero-order valence-corrected chi connectivity index (χ0v) is 9.72. The predicted octanol–water partition coefficient (Wildman–Crippen LogP) is 2.09. The average molecular weight is 236 g/mol. The van der Waals surface area contributed by atoms with E-state index in [1.54, 1.807) is 6.07 Å². The first-order valence-electron chi connectivity index (χ1n) is 5.75. The third-order valence-corrected chi connectivity index (χ3v) is 3.10. The van der Waals surface area contributed by atoms with Gasteiger partial charge >= 0.3 is 0 Å². The summed E-state index contributed by atoms with van der Waals surface area (Å²) in [4.78, 5) is 10.5. The molecule has 1 fully saturated rings. The normalized spacial score (nSPS) is 16.6. The third-order valence-electron chi connectivity index (χ3n) is 3.10. The molecule has 0 amide bonds. The number of benzene rings is 1. The lowest BCUT2D eigenvalue weighted by molar-refractivity contribution is -0.384. The van der Waals surface area contributed by atoms with E-state index in [0.717, 1.165) is 18.4 Å². The highest BCUT2D eigenvalue weighted by Gasteiger charge is 2.29. The monoisotopic (exact) mass is 236 g/mol. The van der Waals surface area contributed by atoms with E-state index in [2.05, 4.69) is 5.32 Å². The van der Waals surface area contributed by atoms with E-state index in [9.17, 15) is 15.2 Å². The maximum Gasteiger partial charge on any atom is 0.292 e. The zero-order chi connectivity index (χ0) is 12.4. The van der Waals surface area contributed by atoms with Crippen molar-refractivity contribution in [1.29, 1.82) is 0 Å². The molecule has 2 N–H and O–H groups in total. The number of nitro benzene ring substituents is 1. The van der Waals surface area contributed by atoms with Gasteiger partial charge in [-0.3, -0.25) is 10.1 Å². The molecule has 0 radical (unpaired) electrons. The predicted molar refractivity (Wildman–Crippen MR) is 65.1 cm³/mol. The molecule has 0 heterocycles. The molecule has 1 saturated carbocycles. The average Bonchev–Trinajstić information content (AvgIpc) is 3.10. The molecular formula is C12H16N2O3. The number of hydrogen-bond donors (Lipinski definition) is 2. The Kier molecular flexibility index (Phi) is 3.28. The van der Waals surface area contributed by atoms with Crippen molar-refractivity contribution in [3.63, 3.8) is 0 Å². The molecular weight excluding hydrogens is 220 g/mol. The largest absolute Gasteiger partial charge is 0.391 e. The van der Waals surface area contributed by atoms with Gasteiger partial charge in [-0.25, -0.2) is 0 Å². The topological polar surface area (TPSA) is 75.4 Å². The number of hydrogen-bond acceptors (Lipinski definition) is 4. The number of para-hydroxylation sites is 1. The van der Waals surface area contributed by atoms with Crippen molar-refractivity contribution in [2.45, 2.75) is 25.9 Å². The highest BCUT2D eigenvalue weighted by atomic mass is 16.6. The maximum absolute atomic E-state index is 10.9. The van der Waals surface area contributed by atoms with Gasteiger partial charge in [0, 0.05) is 12.6 Å². The lowest BCUT2D eigenvalue weighted by Crippen LogP contribution is -2.22. The number of aliphatic hydroxyl groups excluding tert-OH is 1. The summed E-state index contributed by atoms with van der Waals surface area (Å²) in [5, 5.41) is 23.6. The van der Waals surface area contributed by atoms with E-state index in [4.69, 9.17) is 0 Å². The number of nitrogens with one attached hydrogen (secondary N) is 1. The highest BCUT2D eigenvalue weighted by Crippen LogP contribution is 2.33. The van der Waals surface area contributed by atoms with Crippen LogP contribution >= 0.6 is 0 Å². The van der Waals surface area contributed by atoms with Crippen molar-refractivity contribution >= 4 is 11.4 Å². The Morgan fingerprint density at radius 1 is 1.59 bits per heavy atom. The van der Waals surface area contributed by atoms with Crippen LogP contribution in [-0.4, -0.2) is 22.7 Å². The third kappa shape index (κ3) is 2.74. The summed E-state index contributed by atoms with van der Waals surface area (Å²) in [5.41, 5.74) is 1.40. The van der Waals surface area contributed by atoms with Gasteiger partial charge in [0.2, 0.25) is 0 Å². The fraction of sp³-hybridized carbons (Fsp3) is 0.500. The molecule has 5 nitrogen and oxygen atoms in total. The second kappa shape index (κ2) is 4.71. The molecule has 1 atom stereocenters. The Bertz CT molecular complexity index is 430. The standard InChI is InChI=1S/C12H16N2O3/c1-8-3-2-4-10(14(16)17)12(8)13-7-11(15)9-5-6-9/h2-4,9,11,13,15H,5-7H2,1H3. The molecule has 17 heavy (non-hydrogen) atoms. The smallest absolute Gasteiger partial charge is 0.292 e. The molecule has 5 heteroatoms. The second-order valence-corrected chi connectivity index (χ2v) is 4.51. The van der Waals surface area contributed by atoms with Crippen LogP contribution in [0.3, 0.4) is 0 Å². The molecule has 0 bridgehead atoms. The Balaban J connectivity index is 2.10. The number of nitro groups is 1. The first-order chi connectivity index (χ1) is 8.09. The minimum atomic E-state index is -0.408. The van der Waals surface area contributed by atoms with Crippen molar-refractivity contribution in [3.8, 4) is 0 Å². The fourth-order valence-electron chi connectivity index (χ4n) is 1.89. The molecule has 2 rings (SSSR count). The van der Waals surface area contributed by atoms with Gasteiger partial charge in [0.1, 0.15) is 5.69 Å². The van der Waals surface area contributed by atoms with Gasteiger partial charge in [-0.1, -0.05) is 12.1 Å². The van der Waals surface area contributed by atoms with E-state index in [1.807, 2.05) is 13.0 Å². The molecule has 1 aromatic rings. The second-order valence-electron chi connectivity index (χ2n) is 4.51. The van der Waals surface area contributed by atoms with E-state index in [-0.39, 0.29) is 5.69 Å². The zero-order valence-electron chi connectivity index (χ0n) is 9.72. The van der Waals surface area contributed by atoms with Gasteiger partial charge in [0.15, 0.2) is 0 Å². The minimum absolute atomic E-state index is 0.0630. The van der Waals surface area contributed by atoms with Crippen LogP contribution < -0.4 is 5.32 Å². The summed E-state index contributed by atoms with van der Waals surface area (Å²) in [5.74, 6) is 0.366. The fourth-order valence-corrected chi connectivity index (χ4v) is 1.89. The van der Waals surface area contributed by atoms with Gasteiger partial charge in [0.05, 0.1) is 11.0 Å². The Labute approximate surface area is 99.6 Å². The number of aryl methyl sites for hydroxylation is 1. The maximum atomic E-state index is 10.9. The van der Waals surface area contributed by atoms with Crippen LogP contribution in [0.5, 0.6) is 0 Å². The summed E-state index contributed by atoms with van der Waals surface area (Å²) in [6.45, 7) is 2.19.